The molecule has 0 unspecified atom stereocenters. The first-order valence-electron chi connectivity index (χ1n) is 8.24. The first kappa shape index (κ1) is 18.2. The van der Waals surface area contributed by atoms with Crippen LogP contribution in [0.25, 0.3) is 0 Å². The van der Waals surface area contributed by atoms with Gasteiger partial charge in [-0.25, -0.2) is 4.39 Å². The predicted octanol–water partition coefficient (Wildman–Crippen LogP) is 4.98. The highest BCUT2D eigenvalue weighted by Gasteiger charge is 2.25. The molecule has 0 aliphatic carbocycles. The van der Waals surface area contributed by atoms with Crippen LogP contribution in [-0.4, -0.2) is 23.9 Å². The lowest BCUT2D eigenvalue weighted by Crippen LogP contribution is -2.37. The van der Waals surface area contributed by atoms with Crippen molar-refractivity contribution in [3.05, 3.63) is 63.9 Å². The van der Waals surface area contributed by atoms with Gasteiger partial charge in [0.05, 0.1) is 15.7 Å². The summed E-state index contributed by atoms with van der Waals surface area (Å²) in [6, 6.07) is 11.9. The van der Waals surface area contributed by atoms with Gasteiger partial charge in [0.2, 0.25) is 5.91 Å². The van der Waals surface area contributed by atoms with Crippen LogP contribution in [0.15, 0.2) is 42.5 Å². The highest BCUT2D eigenvalue weighted by molar-refractivity contribution is 6.42. The second kappa shape index (κ2) is 8.17. The molecule has 1 saturated heterocycles. The zero-order valence-corrected chi connectivity index (χ0v) is 15.2. The van der Waals surface area contributed by atoms with Crippen molar-refractivity contribution in [1.82, 2.24) is 4.90 Å². The molecular weight excluding hydrogens is 362 g/mol. The third-order valence-electron chi connectivity index (χ3n) is 4.48. The first-order valence-corrected chi connectivity index (χ1v) is 9.00. The van der Waals surface area contributed by atoms with Crippen LogP contribution in [0.3, 0.4) is 0 Å². The van der Waals surface area contributed by atoms with Gasteiger partial charge in [-0.1, -0.05) is 41.4 Å². The minimum Gasteiger partial charge on any atom is -0.323 e. The summed E-state index contributed by atoms with van der Waals surface area (Å²) in [5.41, 5.74) is 1.34. The highest BCUT2D eigenvalue weighted by Crippen LogP contribution is 2.25. The molecule has 0 saturated carbocycles. The van der Waals surface area contributed by atoms with E-state index in [1.165, 1.54) is 6.07 Å². The quantitative estimate of drug-likeness (QED) is 0.810. The number of carbonyl (C=O) groups excluding carboxylic acids is 1. The molecule has 132 valence electrons. The number of piperidine rings is 1. The van der Waals surface area contributed by atoms with Gasteiger partial charge in [-0.05, 0) is 55.8 Å². The van der Waals surface area contributed by atoms with Gasteiger partial charge in [0.15, 0.2) is 0 Å². The fraction of sp³-hybridized carbons (Fsp3) is 0.316. The molecule has 2 aromatic carbocycles. The normalized spacial score (nSPS) is 16.0. The molecule has 2 aromatic rings. The van der Waals surface area contributed by atoms with E-state index in [2.05, 4.69) is 10.2 Å². The van der Waals surface area contributed by atoms with Crippen LogP contribution in [-0.2, 0) is 11.3 Å². The minimum absolute atomic E-state index is 0.0929. The fourth-order valence-electron chi connectivity index (χ4n) is 3.05. The molecule has 6 heteroatoms. The summed E-state index contributed by atoms with van der Waals surface area (Å²) in [4.78, 5) is 14.6. The molecule has 1 amide bonds. The zero-order valence-electron chi connectivity index (χ0n) is 13.6. The van der Waals surface area contributed by atoms with Crippen LogP contribution in [0.4, 0.5) is 10.1 Å². The number of halogens is 3. The van der Waals surface area contributed by atoms with E-state index in [4.69, 9.17) is 23.2 Å². The van der Waals surface area contributed by atoms with Crippen molar-refractivity contribution in [1.29, 1.82) is 0 Å². The minimum atomic E-state index is -0.409. The Bertz CT molecular complexity index is 761. The molecule has 1 fully saturated rings. The van der Waals surface area contributed by atoms with Crippen molar-refractivity contribution in [2.75, 3.05) is 18.4 Å². The molecule has 0 bridgehead atoms. The number of hydrogen-bond acceptors (Lipinski definition) is 2. The Kier molecular flexibility index (Phi) is 5.94. The summed E-state index contributed by atoms with van der Waals surface area (Å²) < 4.78 is 13.6. The lowest BCUT2D eigenvalue weighted by molar-refractivity contribution is -0.121. The third-order valence-corrected chi connectivity index (χ3v) is 5.22. The van der Waals surface area contributed by atoms with E-state index in [1.807, 2.05) is 12.1 Å². The van der Waals surface area contributed by atoms with Crippen LogP contribution < -0.4 is 5.32 Å². The number of benzene rings is 2. The zero-order chi connectivity index (χ0) is 17.8. The number of hydrogen-bond donors (Lipinski definition) is 1. The second-order valence-electron chi connectivity index (χ2n) is 6.27. The summed E-state index contributed by atoms with van der Waals surface area (Å²) in [6.45, 7) is 2.41. The summed E-state index contributed by atoms with van der Waals surface area (Å²) >= 11 is 12.0. The molecule has 25 heavy (non-hydrogen) atoms. The Morgan fingerprint density at radius 3 is 2.52 bits per heavy atom. The standard InChI is InChI=1S/C19H19Cl2FN2O/c20-15-6-5-13(11-16(15)21)12-24-9-7-14(8-10-24)19(25)23-18-4-2-1-3-17(18)22/h1-6,11,14H,7-10,12H2,(H,23,25). The van der Waals surface area contributed by atoms with Crippen LogP contribution in [0, 0.1) is 11.7 Å². The number of rotatable bonds is 4. The largest absolute Gasteiger partial charge is 0.323 e. The summed E-state index contributed by atoms with van der Waals surface area (Å²) in [5.74, 6) is -0.614. The van der Waals surface area contributed by atoms with E-state index in [-0.39, 0.29) is 17.5 Å². The van der Waals surface area contributed by atoms with Gasteiger partial charge >= 0.3 is 0 Å². The van der Waals surface area contributed by atoms with E-state index in [0.717, 1.165) is 38.0 Å². The van der Waals surface area contributed by atoms with E-state index >= 15 is 0 Å². The fourth-order valence-corrected chi connectivity index (χ4v) is 3.37. The predicted molar refractivity (Wildman–Crippen MR) is 99.5 cm³/mol. The van der Waals surface area contributed by atoms with Crippen molar-refractivity contribution >= 4 is 34.8 Å². The first-order chi connectivity index (χ1) is 12.0. The van der Waals surface area contributed by atoms with Crippen LogP contribution in [0.1, 0.15) is 18.4 Å². The van der Waals surface area contributed by atoms with Crippen LogP contribution in [0.2, 0.25) is 10.0 Å². The van der Waals surface area contributed by atoms with Gasteiger partial charge in [0.25, 0.3) is 0 Å². The number of amides is 1. The Balaban J connectivity index is 1.52. The van der Waals surface area contributed by atoms with Crippen molar-refractivity contribution in [2.45, 2.75) is 19.4 Å². The van der Waals surface area contributed by atoms with Crippen LogP contribution >= 0.6 is 23.2 Å². The molecular formula is C19H19Cl2FN2O. The number of carbonyl (C=O) groups is 1. The molecule has 0 aromatic heterocycles. The molecule has 0 spiro atoms. The SMILES string of the molecule is O=C(Nc1ccccc1F)C1CCN(Cc2ccc(Cl)c(Cl)c2)CC1. The molecule has 0 radical (unpaired) electrons. The maximum atomic E-state index is 13.6. The number of likely N-dealkylation sites (tertiary alicyclic amines) is 1. The van der Waals surface area contributed by atoms with E-state index in [9.17, 15) is 9.18 Å². The Morgan fingerprint density at radius 2 is 1.84 bits per heavy atom. The second-order valence-corrected chi connectivity index (χ2v) is 7.08. The van der Waals surface area contributed by atoms with E-state index in [0.29, 0.717) is 10.0 Å². The average Bonchev–Trinajstić information content (AvgIpc) is 2.61. The average molecular weight is 381 g/mol. The molecule has 3 nitrogen and oxygen atoms in total. The maximum absolute atomic E-state index is 13.6. The Labute approximate surface area is 156 Å². The number of anilines is 1. The molecule has 1 N–H and O–H groups in total. The van der Waals surface area contributed by atoms with E-state index < -0.39 is 5.82 Å². The topological polar surface area (TPSA) is 32.3 Å². The lowest BCUT2D eigenvalue weighted by Gasteiger charge is -2.31. The van der Waals surface area contributed by atoms with Gasteiger partial charge in [0, 0.05) is 12.5 Å². The van der Waals surface area contributed by atoms with Gasteiger partial charge in [-0.3, -0.25) is 9.69 Å². The molecule has 3 rings (SSSR count). The smallest absolute Gasteiger partial charge is 0.227 e. The number of nitrogens with zero attached hydrogens (tertiary/aromatic N) is 1. The van der Waals surface area contributed by atoms with Gasteiger partial charge in [-0.15, -0.1) is 0 Å². The highest BCUT2D eigenvalue weighted by atomic mass is 35.5. The van der Waals surface area contributed by atoms with Crippen molar-refractivity contribution in [2.24, 2.45) is 5.92 Å². The van der Waals surface area contributed by atoms with E-state index in [1.54, 1.807) is 24.3 Å². The Hall–Kier alpha value is -1.62. The monoisotopic (exact) mass is 380 g/mol. The van der Waals surface area contributed by atoms with Crippen molar-refractivity contribution < 1.29 is 9.18 Å². The summed E-state index contributed by atoms with van der Waals surface area (Å²) in [7, 11) is 0. The van der Waals surface area contributed by atoms with Gasteiger partial charge < -0.3 is 5.32 Å². The molecule has 1 heterocycles. The van der Waals surface area contributed by atoms with Gasteiger partial charge in [-0.2, -0.15) is 0 Å². The maximum Gasteiger partial charge on any atom is 0.227 e. The molecule has 1 aliphatic rings. The van der Waals surface area contributed by atoms with Crippen LogP contribution in [0.5, 0.6) is 0 Å². The Morgan fingerprint density at radius 1 is 1.12 bits per heavy atom. The summed E-state index contributed by atoms with van der Waals surface area (Å²) in [5, 5.41) is 3.80. The molecule has 1 aliphatic heterocycles. The van der Waals surface area contributed by atoms with Gasteiger partial charge in [0.1, 0.15) is 5.82 Å². The lowest BCUT2D eigenvalue weighted by atomic mass is 9.95. The van der Waals surface area contributed by atoms with Crippen molar-refractivity contribution in [3.63, 3.8) is 0 Å². The number of para-hydroxylation sites is 1. The third kappa shape index (κ3) is 4.72. The summed E-state index contributed by atoms with van der Waals surface area (Å²) in [6.07, 6.45) is 1.50. The molecule has 0 atom stereocenters. The number of nitrogens with one attached hydrogen (secondary N) is 1. The van der Waals surface area contributed by atoms with Crippen molar-refractivity contribution in [3.8, 4) is 0 Å².